The van der Waals surface area contributed by atoms with Crippen LogP contribution in [0.15, 0.2) is 36.4 Å². The van der Waals surface area contributed by atoms with Crippen LogP contribution in [0.1, 0.15) is 37.6 Å². The molecule has 2 aromatic carbocycles. The normalized spacial score (nSPS) is 16.5. The molecule has 1 aliphatic heterocycles. The molecule has 3 rings (SSSR count). The molecule has 0 aromatic heterocycles. The van der Waals surface area contributed by atoms with Gasteiger partial charge in [0.25, 0.3) is 0 Å². The molecular formula is C21H25NO4S. The van der Waals surface area contributed by atoms with Crippen molar-refractivity contribution >= 4 is 34.4 Å². The summed E-state index contributed by atoms with van der Waals surface area (Å²) in [5.74, 6) is 1.57. The molecule has 0 radical (unpaired) electrons. The van der Waals surface area contributed by atoms with Gasteiger partial charge in [-0.15, -0.1) is 11.8 Å². The third kappa shape index (κ3) is 4.56. The van der Waals surface area contributed by atoms with Crippen molar-refractivity contribution in [3.63, 3.8) is 0 Å². The van der Waals surface area contributed by atoms with Crippen LogP contribution in [0.5, 0.6) is 5.75 Å². The van der Waals surface area contributed by atoms with Crippen LogP contribution in [0.2, 0.25) is 0 Å². The second kappa shape index (κ2) is 9.13. The van der Waals surface area contributed by atoms with Gasteiger partial charge in [0.05, 0.1) is 13.2 Å². The fourth-order valence-electron chi connectivity index (χ4n) is 3.32. The predicted molar refractivity (Wildman–Crippen MR) is 108 cm³/mol. The van der Waals surface area contributed by atoms with Gasteiger partial charge in [-0.1, -0.05) is 30.3 Å². The van der Waals surface area contributed by atoms with Crippen molar-refractivity contribution in [1.82, 2.24) is 4.90 Å². The summed E-state index contributed by atoms with van der Waals surface area (Å²) in [6.45, 7) is 4.99. The molecule has 0 saturated carbocycles. The Hall–Kier alpha value is -2.21. The quantitative estimate of drug-likeness (QED) is 0.527. The Bertz CT molecular complexity index is 823. The van der Waals surface area contributed by atoms with Gasteiger partial charge < -0.3 is 14.4 Å². The number of carbonyl (C=O) groups is 2. The summed E-state index contributed by atoms with van der Waals surface area (Å²) >= 11 is 1.76. The molecule has 0 aliphatic carbocycles. The Morgan fingerprint density at radius 3 is 2.81 bits per heavy atom. The maximum Gasteiger partial charge on any atom is 0.305 e. The van der Waals surface area contributed by atoms with Crippen LogP contribution < -0.4 is 4.74 Å². The minimum absolute atomic E-state index is 0.0475. The minimum Gasteiger partial charge on any atom is -0.493 e. The van der Waals surface area contributed by atoms with E-state index in [1.54, 1.807) is 25.6 Å². The zero-order chi connectivity index (χ0) is 19.2. The first-order valence-electron chi connectivity index (χ1n) is 9.30. The Morgan fingerprint density at radius 1 is 1.22 bits per heavy atom. The zero-order valence-corrected chi connectivity index (χ0v) is 16.6. The number of fused-ring (bicyclic) bond motifs is 1. The van der Waals surface area contributed by atoms with Crippen molar-refractivity contribution in [2.24, 2.45) is 0 Å². The first-order valence-corrected chi connectivity index (χ1v) is 10.4. The summed E-state index contributed by atoms with van der Waals surface area (Å²) in [5.41, 5.74) is 1.04. The van der Waals surface area contributed by atoms with Crippen molar-refractivity contribution in [1.29, 1.82) is 0 Å². The van der Waals surface area contributed by atoms with Gasteiger partial charge in [-0.2, -0.15) is 0 Å². The molecule has 6 heteroatoms. The lowest BCUT2D eigenvalue weighted by molar-refractivity contribution is -0.143. The van der Waals surface area contributed by atoms with Crippen molar-refractivity contribution in [3.8, 4) is 5.75 Å². The summed E-state index contributed by atoms with van der Waals surface area (Å²) < 4.78 is 11.0. The SMILES string of the molecule is CCOC(=O)CCCOc1ccc2ccccc2c1C1SCCN1C(C)=O. The van der Waals surface area contributed by atoms with Gasteiger partial charge in [-0.05, 0) is 30.2 Å². The average Bonchev–Trinajstić information content (AvgIpc) is 3.14. The largest absolute Gasteiger partial charge is 0.493 e. The predicted octanol–water partition coefficient (Wildman–Crippen LogP) is 4.16. The zero-order valence-electron chi connectivity index (χ0n) is 15.8. The van der Waals surface area contributed by atoms with Gasteiger partial charge in [-0.3, -0.25) is 9.59 Å². The number of rotatable bonds is 7. The van der Waals surface area contributed by atoms with E-state index in [4.69, 9.17) is 9.47 Å². The molecule has 1 atom stereocenters. The van der Waals surface area contributed by atoms with Gasteiger partial charge in [0, 0.05) is 31.2 Å². The van der Waals surface area contributed by atoms with E-state index in [2.05, 4.69) is 12.1 Å². The van der Waals surface area contributed by atoms with Crippen molar-refractivity contribution < 1.29 is 19.1 Å². The molecule has 1 amide bonds. The summed E-state index contributed by atoms with van der Waals surface area (Å²) in [5, 5.41) is 2.18. The maximum atomic E-state index is 12.1. The number of hydrogen-bond acceptors (Lipinski definition) is 5. The second-order valence-corrected chi connectivity index (χ2v) is 7.58. The monoisotopic (exact) mass is 387 g/mol. The highest BCUT2D eigenvalue weighted by atomic mass is 32.2. The average molecular weight is 388 g/mol. The van der Waals surface area contributed by atoms with E-state index < -0.39 is 0 Å². The van der Waals surface area contributed by atoms with Crippen molar-refractivity contribution in [3.05, 3.63) is 42.0 Å². The molecule has 1 aliphatic rings. The number of amides is 1. The number of nitrogens with zero attached hydrogens (tertiary/aromatic N) is 1. The van der Waals surface area contributed by atoms with Crippen LogP contribution in [0.4, 0.5) is 0 Å². The lowest BCUT2D eigenvalue weighted by Gasteiger charge is -2.26. The number of benzene rings is 2. The van der Waals surface area contributed by atoms with Crippen LogP contribution in [-0.4, -0.2) is 42.3 Å². The molecule has 1 unspecified atom stereocenters. The van der Waals surface area contributed by atoms with E-state index >= 15 is 0 Å². The highest BCUT2D eigenvalue weighted by molar-refractivity contribution is 7.99. The Kier molecular flexibility index (Phi) is 6.61. The molecule has 1 heterocycles. The number of ether oxygens (including phenoxy) is 2. The van der Waals surface area contributed by atoms with Crippen molar-refractivity contribution in [2.75, 3.05) is 25.5 Å². The standard InChI is InChI=1S/C21H25NO4S/c1-3-25-19(24)9-6-13-26-18-11-10-16-7-4-5-8-17(16)20(18)21-22(15(2)23)12-14-27-21/h4-5,7-8,10-11,21H,3,6,9,12-14H2,1-2H3. The Labute approximate surface area is 164 Å². The highest BCUT2D eigenvalue weighted by Crippen LogP contribution is 2.45. The van der Waals surface area contributed by atoms with E-state index in [9.17, 15) is 9.59 Å². The molecule has 1 fully saturated rings. The van der Waals surface area contributed by atoms with E-state index in [1.807, 2.05) is 29.2 Å². The van der Waals surface area contributed by atoms with Crippen molar-refractivity contribution in [2.45, 2.75) is 32.1 Å². The summed E-state index contributed by atoms with van der Waals surface area (Å²) in [6, 6.07) is 12.2. The van der Waals surface area contributed by atoms with Gasteiger partial charge in [0.2, 0.25) is 5.91 Å². The smallest absolute Gasteiger partial charge is 0.305 e. The number of esters is 1. The second-order valence-electron chi connectivity index (χ2n) is 6.39. The minimum atomic E-state index is -0.200. The number of hydrogen-bond donors (Lipinski definition) is 0. The molecule has 0 bridgehead atoms. The molecule has 144 valence electrons. The first kappa shape index (κ1) is 19.5. The number of carbonyl (C=O) groups excluding carboxylic acids is 2. The molecular weight excluding hydrogens is 362 g/mol. The topological polar surface area (TPSA) is 55.8 Å². The van der Waals surface area contributed by atoms with Crippen LogP contribution in [0.3, 0.4) is 0 Å². The fourth-order valence-corrected chi connectivity index (χ4v) is 4.69. The molecule has 0 N–H and O–H groups in total. The molecule has 5 nitrogen and oxygen atoms in total. The summed E-state index contributed by atoms with van der Waals surface area (Å²) in [7, 11) is 0. The van der Waals surface area contributed by atoms with Gasteiger partial charge in [-0.25, -0.2) is 0 Å². The highest BCUT2D eigenvalue weighted by Gasteiger charge is 2.32. The van der Waals surface area contributed by atoms with Gasteiger partial charge >= 0.3 is 5.97 Å². The number of thioether (sulfide) groups is 1. The van der Waals surface area contributed by atoms with E-state index in [0.29, 0.717) is 26.1 Å². The molecule has 0 spiro atoms. The Balaban J connectivity index is 1.84. The van der Waals surface area contributed by atoms with Crippen LogP contribution in [0.25, 0.3) is 10.8 Å². The lowest BCUT2D eigenvalue weighted by Crippen LogP contribution is -2.28. The molecule has 1 saturated heterocycles. The molecule has 27 heavy (non-hydrogen) atoms. The van der Waals surface area contributed by atoms with Crippen LogP contribution in [-0.2, 0) is 14.3 Å². The van der Waals surface area contributed by atoms with E-state index in [0.717, 1.165) is 34.4 Å². The lowest BCUT2D eigenvalue weighted by atomic mass is 10.0. The Morgan fingerprint density at radius 2 is 2.04 bits per heavy atom. The van der Waals surface area contributed by atoms with Crippen LogP contribution in [0, 0.1) is 0 Å². The first-order chi connectivity index (χ1) is 13.1. The van der Waals surface area contributed by atoms with E-state index in [1.165, 1.54) is 0 Å². The third-order valence-electron chi connectivity index (χ3n) is 4.56. The summed E-state index contributed by atoms with van der Waals surface area (Å²) in [4.78, 5) is 25.5. The third-order valence-corrected chi connectivity index (χ3v) is 5.79. The van der Waals surface area contributed by atoms with E-state index in [-0.39, 0.29) is 17.3 Å². The summed E-state index contributed by atoms with van der Waals surface area (Å²) in [6.07, 6.45) is 0.938. The van der Waals surface area contributed by atoms with Crippen LogP contribution >= 0.6 is 11.8 Å². The fraction of sp³-hybridized carbons (Fsp3) is 0.429. The molecule has 2 aromatic rings. The maximum absolute atomic E-state index is 12.1. The van der Waals surface area contributed by atoms with Gasteiger partial charge in [0.1, 0.15) is 11.1 Å². The van der Waals surface area contributed by atoms with Gasteiger partial charge in [0.15, 0.2) is 0 Å².